The van der Waals surface area contributed by atoms with Crippen LogP contribution in [0.5, 0.6) is 0 Å². The van der Waals surface area contributed by atoms with E-state index in [4.69, 9.17) is 4.74 Å². The van der Waals surface area contributed by atoms with Gasteiger partial charge in [-0.3, -0.25) is 4.79 Å². The van der Waals surface area contributed by atoms with Gasteiger partial charge in [0.05, 0.1) is 11.6 Å². The van der Waals surface area contributed by atoms with Crippen LogP contribution in [0.25, 0.3) is 0 Å². The van der Waals surface area contributed by atoms with E-state index in [2.05, 4.69) is 15.6 Å². The first-order chi connectivity index (χ1) is 13.8. The molecule has 0 spiro atoms. The number of amides is 2. The quantitative estimate of drug-likeness (QED) is 0.641. The molecule has 2 aromatic rings. The second kappa shape index (κ2) is 10.3. The number of esters is 1. The first-order valence-corrected chi connectivity index (χ1v) is 9.83. The lowest BCUT2D eigenvalue weighted by molar-refractivity contribution is -0.122. The van der Waals surface area contributed by atoms with Crippen molar-refractivity contribution in [3.05, 3.63) is 51.5 Å². The Morgan fingerprint density at radius 3 is 2.48 bits per heavy atom. The summed E-state index contributed by atoms with van der Waals surface area (Å²) >= 11 is 1.22. The minimum atomic E-state index is -1.05. The lowest BCUT2D eigenvalue weighted by Gasteiger charge is -2.10. The molecule has 1 atom stereocenters. The minimum absolute atomic E-state index is 0.0371. The Morgan fingerprint density at radius 2 is 1.93 bits per heavy atom. The lowest BCUT2D eigenvalue weighted by Crippen LogP contribution is -2.39. The van der Waals surface area contributed by atoms with Gasteiger partial charge in [-0.05, 0) is 38.5 Å². The fourth-order valence-electron chi connectivity index (χ4n) is 2.33. The standard InChI is InChI=1S/C20H22N4O4S/c1-12(2)23-20(27)22-9-14-4-6-15(7-5-14)19(26)28-10-17(25)16(8-21)18-24-13(3)11-29-18/h4-7,11-12,16H,9-10H2,1-3H3,(H2,22,23,27)/t16-/m0/s1. The molecule has 2 rings (SSSR count). The summed E-state index contributed by atoms with van der Waals surface area (Å²) in [7, 11) is 0. The zero-order chi connectivity index (χ0) is 21.4. The first-order valence-electron chi connectivity index (χ1n) is 8.95. The van der Waals surface area contributed by atoms with Crippen LogP contribution in [0.15, 0.2) is 29.6 Å². The van der Waals surface area contributed by atoms with Crippen LogP contribution < -0.4 is 10.6 Å². The van der Waals surface area contributed by atoms with Gasteiger partial charge in [-0.1, -0.05) is 12.1 Å². The van der Waals surface area contributed by atoms with Crippen molar-refractivity contribution in [2.45, 2.75) is 39.3 Å². The molecule has 1 heterocycles. The number of aromatic nitrogens is 1. The highest BCUT2D eigenvalue weighted by molar-refractivity contribution is 7.09. The average molecular weight is 414 g/mol. The predicted molar refractivity (Wildman–Crippen MR) is 107 cm³/mol. The molecule has 0 saturated heterocycles. The molecule has 152 valence electrons. The molecule has 1 aromatic carbocycles. The zero-order valence-electron chi connectivity index (χ0n) is 16.4. The van der Waals surface area contributed by atoms with Gasteiger partial charge in [-0.25, -0.2) is 14.6 Å². The highest BCUT2D eigenvalue weighted by atomic mass is 32.1. The zero-order valence-corrected chi connectivity index (χ0v) is 17.2. The number of urea groups is 1. The molecule has 1 aromatic heterocycles. The third kappa shape index (κ3) is 6.69. The molecular weight excluding hydrogens is 392 g/mol. The van der Waals surface area contributed by atoms with Gasteiger partial charge >= 0.3 is 12.0 Å². The first kappa shape index (κ1) is 22.0. The maximum atomic E-state index is 12.2. The van der Waals surface area contributed by atoms with Gasteiger partial charge in [-0.15, -0.1) is 11.3 Å². The summed E-state index contributed by atoms with van der Waals surface area (Å²) in [6, 6.07) is 8.14. The molecule has 0 unspecified atom stereocenters. The van der Waals surface area contributed by atoms with Crippen LogP contribution in [0, 0.1) is 18.3 Å². The van der Waals surface area contributed by atoms with Crippen molar-refractivity contribution >= 4 is 29.1 Å². The highest BCUT2D eigenvalue weighted by Crippen LogP contribution is 2.21. The van der Waals surface area contributed by atoms with Crippen molar-refractivity contribution in [2.24, 2.45) is 0 Å². The minimum Gasteiger partial charge on any atom is -0.454 e. The summed E-state index contributed by atoms with van der Waals surface area (Å²) in [6.45, 7) is 5.30. The molecule has 0 fully saturated rings. The van der Waals surface area contributed by atoms with Gasteiger partial charge in [0.1, 0.15) is 5.01 Å². The number of thiazole rings is 1. The number of nitrogens with zero attached hydrogens (tertiary/aromatic N) is 2. The van der Waals surface area contributed by atoms with E-state index in [9.17, 15) is 19.6 Å². The molecule has 0 aliphatic carbocycles. The summed E-state index contributed by atoms with van der Waals surface area (Å²) in [5, 5.41) is 16.8. The monoisotopic (exact) mass is 414 g/mol. The van der Waals surface area contributed by atoms with Crippen molar-refractivity contribution in [1.29, 1.82) is 5.26 Å². The van der Waals surface area contributed by atoms with Crippen LogP contribution in [-0.2, 0) is 16.1 Å². The molecule has 0 bridgehead atoms. The molecule has 0 aliphatic heterocycles. The third-order valence-electron chi connectivity index (χ3n) is 3.74. The fourth-order valence-corrected chi connectivity index (χ4v) is 3.19. The van der Waals surface area contributed by atoms with E-state index in [0.717, 1.165) is 11.3 Å². The second-order valence-electron chi connectivity index (χ2n) is 6.61. The molecule has 2 amide bonds. The topological polar surface area (TPSA) is 121 Å². The van der Waals surface area contributed by atoms with Crippen molar-refractivity contribution in [2.75, 3.05) is 6.61 Å². The van der Waals surface area contributed by atoms with Gasteiger partial charge in [0.2, 0.25) is 0 Å². The molecule has 9 heteroatoms. The van der Waals surface area contributed by atoms with E-state index in [0.29, 0.717) is 11.6 Å². The van der Waals surface area contributed by atoms with E-state index < -0.39 is 24.3 Å². The number of rotatable bonds is 8. The van der Waals surface area contributed by atoms with Crippen LogP contribution in [0.4, 0.5) is 4.79 Å². The number of hydrogen-bond donors (Lipinski definition) is 2. The number of carbonyl (C=O) groups is 3. The summed E-state index contributed by atoms with van der Waals surface area (Å²) in [6.07, 6.45) is 0. The molecular formula is C20H22N4O4S. The number of nitriles is 1. The van der Waals surface area contributed by atoms with Gasteiger partial charge in [0.25, 0.3) is 0 Å². The van der Waals surface area contributed by atoms with Crippen molar-refractivity contribution in [1.82, 2.24) is 15.6 Å². The van der Waals surface area contributed by atoms with Crippen LogP contribution in [0.2, 0.25) is 0 Å². The lowest BCUT2D eigenvalue weighted by atomic mass is 10.1. The van der Waals surface area contributed by atoms with Gasteiger partial charge in [0, 0.05) is 23.7 Å². The van der Waals surface area contributed by atoms with E-state index in [1.54, 1.807) is 36.6 Å². The number of carbonyl (C=O) groups excluding carboxylic acids is 3. The highest BCUT2D eigenvalue weighted by Gasteiger charge is 2.24. The van der Waals surface area contributed by atoms with Crippen LogP contribution in [0.1, 0.15) is 46.4 Å². The summed E-state index contributed by atoms with van der Waals surface area (Å²) in [5.74, 6) is -2.23. The second-order valence-corrected chi connectivity index (χ2v) is 7.50. The number of benzene rings is 1. The summed E-state index contributed by atoms with van der Waals surface area (Å²) in [4.78, 5) is 40.1. The Bertz CT molecular complexity index is 915. The van der Waals surface area contributed by atoms with E-state index in [-0.39, 0.29) is 17.6 Å². The maximum Gasteiger partial charge on any atom is 0.338 e. The van der Waals surface area contributed by atoms with Crippen molar-refractivity contribution < 1.29 is 19.1 Å². The molecule has 0 saturated carbocycles. The number of Topliss-reactive ketones (excluding diaryl/α,β-unsaturated/α-hetero) is 1. The number of ketones is 1. The van der Waals surface area contributed by atoms with Gasteiger partial charge in [0.15, 0.2) is 18.3 Å². The number of nitrogens with one attached hydrogen (secondary N) is 2. The van der Waals surface area contributed by atoms with Crippen molar-refractivity contribution in [3.63, 3.8) is 0 Å². The Balaban J connectivity index is 1.86. The van der Waals surface area contributed by atoms with E-state index >= 15 is 0 Å². The van der Waals surface area contributed by atoms with Crippen LogP contribution in [-0.4, -0.2) is 35.4 Å². The molecule has 8 nitrogen and oxygen atoms in total. The van der Waals surface area contributed by atoms with Crippen LogP contribution >= 0.6 is 11.3 Å². The maximum absolute atomic E-state index is 12.2. The number of aryl methyl sites for hydroxylation is 1. The SMILES string of the molecule is Cc1csc([C@@H](C#N)C(=O)COC(=O)c2ccc(CNC(=O)NC(C)C)cc2)n1. The smallest absolute Gasteiger partial charge is 0.338 e. The Labute approximate surface area is 172 Å². The predicted octanol–water partition coefficient (Wildman–Crippen LogP) is 2.69. The molecule has 29 heavy (non-hydrogen) atoms. The Hall–Kier alpha value is -3.25. The van der Waals surface area contributed by atoms with Gasteiger partial charge in [-0.2, -0.15) is 5.26 Å². The Kier molecular flexibility index (Phi) is 7.86. The molecule has 0 aliphatic rings. The van der Waals surface area contributed by atoms with E-state index in [1.165, 1.54) is 11.3 Å². The van der Waals surface area contributed by atoms with Gasteiger partial charge < -0.3 is 15.4 Å². The normalized spacial score (nSPS) is 11.4. The fraction of sp³-hybridized carbons (Fsp3) is 0.350. The molecule has 2 N–H and O–H groups in total. The Morgan fingerprint density at radius 1 is 1.24 bits per heavy atom. The summed E-state index contributed by atoms with van der Waals surface area (Å²) in [5.41, 5.74) is 1.80. The average Bonchev–Trinajstić information content (AvgIpc) is 3.10. The number of hydrogen-bond acceptors (Lipinski definition) is 7. The largest absolute Gasteiger partial charge is 0.454 e. The van der Waals surface area contributed by atoms with Crippen molar-refractivity contribution in [3.8, 4) is 6.07 Å². The van der Waals surface area contributed by atoms with Crippen LogP contribution in [0.3, 0.4) is 0 Å². The molecule has 0 radical (unpaired) electrons. The number of ether oxygens (including phenoxy) is 1. The van der Waals surface area contributed by atoms with E-state index in [1.807, 2.05) is 19.9 Å². The third-order valence-corrected chi connectivity index (χ3v) is 4.77. The summed E-state index contributed by atoms with van der Waals surface area (Å²) < 4.78 is 5.04.